The molecule has 0 radical (unpaired) electrons. The van der Waals surface area contributed by atoms with Crippen molar-refractivity contribution in [3.8, 4) is 5.88 Å². The average Bonchev–Trinajstić information content (AvgIpc) is 2.98. The summed E-state index contributed by atoms with van der Waals surface area (Å²) in [4.78, 5) is 15.6. The van der Waals surface area contributed by atoms with Crippen molar-refractivity contribution in [2.45, 2.75) is 19.0 Å². The molecule has 2 rings (SSSR count). The fraction of sp³-hybridized carbons (Fsp3) is 0.571. The monoisotopic (exact) mass is 317 g/mol. The molecule has 1 unspecified atom stereocenters. The summed E-state index contributed by atoms with van der Waals surface area (Å²) in [6.45, 7) is 1.16. The van der Waals surface area contributed by atoms with E-state index in [1.54, 1.807) is 0 Å². The van der Waals surface area contributed by atoms with E-state index in [2.05, 4.69) is 20.4 Å². The van der Waals surface area contributed by atoms with Crippen molar-refractivity contribution in [1.29, 1.82) is 0 Å². The summed E-state index contributed by atoms with van der Waals surface area (Å²) in [5.41, 5.74) is 0.295. The Kier molecular flexibility index (Phi) is 5.59. The predicted molar refractivity (Wildman–Crippen MR) is 73.7 cm³/mol. The Morgan fingerprint density at radius 2 is 2.27 bits per heavy atom. The molecule has 1 saturated heterocycles. The zero-order valence-corrected chi connectivity index (χ0v) is 11.9. The van der Waals surface area contributed by atoms with Gasteiger partial charge >= 0.3 is 6.18 Å². The van der Waals surface area contributed by atoms with E-state index in [9.17, 15) is 18.0 Å². The van der Waals surface area contributed by atoms with Crippen LogP contribution in [0.2, 0.25) is 0 Å². The number of carbonyl (C=O) groups excluding carboxylic acids is 1. The molecule has 8 heteroatoms. The molecule has 1 aliphatic rings. The lowest BCUT2D eigenvalue weighted by Gasteiger charge is -2.10. The Balaban J connectivity index is 1.75. The van der Waals surface area contributed by atoms with Crippen LogP contribution in [-0.4, -0.2) is 43.3 Å². The van der Waals surface area contributed by atoms with E-state index < -0.39 is 12.8 Å². The van der Waals surface area contributed by atoms with Crippen molar-refractivity contribution in [1.82, 2.24) is 15.6 Å². The van der Waals surface area contributed by atoms with Gasteiger partial charge < -0.3 is 15.4 Å². The van der Waals surface area contributed by atoms with E-state index >= 15 is 0 Å². The van der Waals surface area contributed by atoms with E-state index in [1.807, 2.05) is 0 Å². The second-order valence-corrected chi connectivity index (χ2v) is 5.19. The Morgan fingerprint density at radius 1 is 1.45 bits per heavy atom. The highest BCUT2D eigenvalue weighted by Gasteiger charge is 2.28. The number of alkyl halides is 3. The van der Waals surface area contributed by atoms with E-state index in [1.165, 1.54) is 18.3 Å². The smallest absolute Gasteiger partial charge is 0.422 e. The number of halogens is 3. The topological polar surface area (TPSA) is 63.2 Å². The van der Waals surface area contributed by atoms with Gasteiger partial charge in [0.15, 0.2) is 6.61 Å². The fourth-order valence-corrected chi connectivity index (χ4v) is 2.21. The van der Waals surface area contributed by atoms with Gasteiger partial charge in [0, 0.05) is 18.8 Å². The summed E-state index contributed by atoms with van der Waals surface area (Å²) >= 11 is 0. The van der Waals surface area contributed by atoms with Crippen molar-refractivity contribution in [2.24, 2.45) is 5.92 Å². The van der Waals surface area contributed by atoms with Gasteiger partial charge in [-0.2, -0.15) is 13.2 Å². The number of pyridine rings is 1. The lowest BCUT2D eigenvalue weighted by molar-refractivity contribution is -0.154. The minimum atomic E-state index is -4.41. The zero-order chi connectivity index (χ0) is 16.0. The maximum Gasteiger partial charge on any atom is 0.422 e. The van der Waals surface area contributed by atoms with Crippen molar-refractivity contribution in [3.05, 3.63) is 23.9 Å². The molecule has 0 aliphatic carbocycles. The highest BCUT2D eigenvalue weighted by Crippen LogP contribution is 2.17. The van der Waals surface area contributed by atoms with Gasteiger partial charge in [0.05, 0.1) is 5.56 Å². The number of nitrogens with zero attached hydrogens (tertiary/aromatic N) is 1. The second-order valence-electron chi connectivity index (χ2n) is 5.19. The number of rotatable bonds is 6. The molecule has 122 valence electrons. The van der Waals surface area contributed by atoms with Crippen LogP contribution < -0.4 is 15.4 Å². The van der Waals surface area contributed by atoms with Crippen LogP contribution in [0.1, 0.15) is 23.2 Å². The van der Waals surface area contributed by atoms with Crippen LogP contribution in [-0.2, 0) is 0 Å². The molecule has 1 atom stereocenters. The fourth-order valence-electron chi connectivity index (χ4n) is 2.21. The number of aromatic nitrogens is 1. The van der Waals surface area contributed by atoms with Gasteiger partial charge in [-0.1, -0.05) is 0 Å². The van der Waals surface area contributed by atoms with Gasteiger partial charge in [-0.05, 0) is 37.9 Å². The third-order valence-electron chi connectivity index (χ3n) is 3.38. The van der Waals surface area contributed by atoms with Gasteiger partial charge in [-0.15, -0.1) is 0 Å². The van der Waals surface area contributed by atoms with E-state index in [0.29, 0.717) is 18.0 Å². The molecule has 0 spiro atoms. The Bertz CT molecular complexity index is 485. The summed E-state index contributed by atoms with van der Waals surface area (Å²) in [6.07, 6.45) is -1.19. The second kappa shape index (κ2) is 7.44. The van der Waals surface area contributed by atoms with Gasteiger partial charge in [0.1, 0.15) is 0 Å². The standard InChI is InChI=1S/C14H18F3N3O2/c15-14(16,17)9-22-12-2-1-11(8-20-12)13(21)19-6-4-10-3-5-18-7-10/h1-2,8,10,18H,3-7,9H2,(H,19,21). The zero-order valence-electron chi connectivity index (χ0n) is 11.9. The van der Waals surface area contributed by atoms with Gasteiger partial charge in [-0.3, -0.25) is 4.79 Å². The third kappa shape index (κ3) is 5.51. The Hall–Kier alpha value is -1.83. The molecule has 1 aromatic rings. The number of amides is 1. The number of carbonyl (C=O) groups is 1. The van der Waals surface area contributed by atoms with Crippen LogP contribution in [0.3, 0.4) is 0 Å². The van der Waals surface area contributed by atoms with Crippen LogP contribution in [0.15, 0.2) is 18.3 Å². The van der Waals surface area contributed by atoms with Crippen molar-refractivity contribution >= 4 is 5.91 Å². The van der Waals surface area contributed by atoms with Crippen LogP contribution in [0.5, 0.6) is 5.88 Å². The summed E-state index contributed by atoms with van der Waals surface area (Å²) in [7, 11) is 0. The van der Waals surface area contributed by atoms with Gasteiger partial charge in [0.25, 0.3) is 5.91 Å². The minimum absolute atomic E-state index is 0.161. The molecule has 2 heterocycles. The lowest BCUT2D eigenvalue weighted by atomic mass is 10.1. The highest BCUT2D eigenvalue weighted by atomic mass is 19.4. The van der Waals surface area contributed by atoms with Gasteiger partial charge in [-0.25, -0.2) is 4.98 Å². The van der Waals surface area contributed by atoms with Crippen LogP contribution >= 0.6 is 0 Å². The van der Waals surface area contributed by atoms with Crippen LogP contribution in [0, 0.1) is 5.92 Å². The maximum atomic E-state index is 12.0. The number of hydrogen-bond acceptors (Lipinski definition) is 4. The summed E-state index contributed by atoms with van der Waals surface area (Å²) in [6, 6.07) is 2.65. The van der Waals surface area contributed by atoms with Crippen molar-refractivity contribution in [3.63, 3.8) is 0 Å². The molecular weight excluding hydrogens is 299 g/mol. The first-order valence-electron chi connectivity index (χ1n) is 7.08. The molecule has 0 aromatic carbocycles. The van der Waals surface area contributed by atoms with Crippen molar-refractivity contribution in [2.75, 3.05) is 26.2 Å². The molecule has 1 amide bonds. The van der Waals surface area contributed by atoms with E-state index in [-0.39, 0.29) is 11.8 Å². The minimum Gasteiger partial charge on any atom is -0.468 e. The summed E-state index contributed by atoms with van der Waals surface area (Å²) in [5, 5.41) is 6.03. The summed E-state index contributed by atoms with van der Waals surface area (Å²) < 4.78 is 40.5. The molecule has 22 heavy (non-hydrogen) atoms. The third-order valence-corrected chi connectivity index (χ3v) is 3.38. The molecule has 1 fully saturated rings. The maximum absolute atomic E-state index is 12.0. The number of nitrogens with one attached hydrogen (secondary N) is 2. The first-order valence-corrected chi connectivity index (χ1v) is 7.08. The highest BCUT2D eigenvalue weighted by molar-refractivity contribution is 5.93. The largest absolute Gasteiger partial charge is 0.468 e. The summed E-state index contributed by atoms with van der Waals surface area (Å²) in [5.74, 6) is 0.128. The van der Waals surface area contributed by atoms with Crippen molar-refractivity contribution < 1.29 is 22.7 Å². The first kappa shape index (κ1) is 16.5. The number of ether oxygens (including phenoxy) is 1. The van der Waals surface area contributed by atoms with Crippen LogP contribution in [0.25, 0.3) is 0 Å². The van der Waals surface area contributed by atoms with E-state index in [4.69, 9.17) is 0 Å². The van der Waals surface area contributed by atoms with Crippen LogP contribution in [0.4, 0.5) is 13.2 Å². The Morgan fingerprint density at radius 3 is 2.86 bits per heavy atom. The predicted octanol–water partition coefficient (Wildman–Crippen LogP) is 1.75. The SMILES string of the molecule is O=C(NCCC1CCNC1)c1ccc(OCC(F)(F)F)nc1. The molecule has 2 N–H and O–H groups in total. The average molecular weight is 317 g/mol. The van der Waals surface area contributed by atoms with Gasteiger partial charge in [0.2, 0.25) is 5.88 Å². The number of hydrogen-bond donors (Lipinski definition) is 2. The molecule has 0 saturated carbocycles. The molecular formula is C14H18F3N3O2. The first-order chi connectivity index (χ1) is 10.4. The Labute approximate surface area is 126 Å². The quantitative estimate of drug-likeness (QED) is 0.839. The van der Waals surface area contributed by atoms with E-state index in [0.717, 1.165) is 25.9 Å². The molecule has 0 bridgehead atoms. The lowest BCUT2D eigenvalue weighted by Crippen LogP contribution is -2.26. The molecule has 1 aromatic heterocycles. The molecule has 1 aliphatic heterocycles. The molecule has 5 nitrogen and oxygen atoms in total. The normalized spacial score (nSPS) is 18.2.